The molecule has 0 saturated carbocycles. The molecule has 0 saturated heterocycles. The van der Waals surface area contributed by atoms with Crippen molar-refractivity contribution in [1.82, 2.24) is 9.78 Å². The molecule has 3 aromatic rings. The number of ketones is 1. The Kier molecular flexibility index (Phi) is 5.04. The van der Waals surface area contributed by atoms with E-state index in [1.165, 1.54) is 6.20 Å². The van der Waals surface area contributed by atoms with Gasteiger partial charge in [-0.05, 0) is 54.8 Å². The fourth-order valence-corrected chi connectivity index (χ4v) is 4.47. The van der Waals surface area contributed by atoms with Gasteiger partial charge < -0.3 is 10.6 Å². The number of hydrogen-bond donors (Lipinski definition) is 2. The van der Waals surface area contributed by atoms with Crippen LogP contribution in [-0.2, 0) is 4.79 Å². The van der Waals surface area contributed by atoms with Crippen molar-refractivity contribution in [3.63, 3.8) is 0 Å². The number of aromatic nitrogens is 2. The Labute approximate surface area is 188 Å². The summed E-state index contributed by atoms with van der Waals surface area (Å²) >= 11 is 12.2. The molecule has 1 aliphatic carbocycles. The summed E-state index contributed by atoms with van der Waals surface area (Å²) in [5.74, 6) is 0.351. The molecule has 5 rings (SSSR count). The predicted molar refractivity (Wildman–Crippen MR) is 121 cm³/mol. The summed E-state index contributed by atoms with van der Waals surface area (Å²) in [6, 6.07) is 13.9. The molecule has 2 N–H and O–H groups in total. The molecular formula is C23H18Cl2N4O2. The van der Waals surface area contributed by atoms with Gasteiger partial charge in [0.25, 0.3) is 5.91 Å². The van der Waals surface area contributed by atoms with Crippen LogP contribution < -0.4 is 10.6 Å². The number of benzene rings is 2. The predicted octanol–water partition coefficient (Wildman–Crippen LogP) is 5.46. The first kappa shape index (κ1) is 19.8. The molecule has 156 valence electrons. The standard InChI is InChI=1S/C23H18Cl2N4O2/c24-14-7-9-16(10-8-14)27-23(31)17-12-26-29-21(13-3-1-4-15(25)11-13)20-18(28-22(17)29)5-2-6-19(20)30/h1,3-4,7-12,21,28H,2,5-6H2,(H,27,31)/t21-/m0/s1. The minimum atomic E-state index is -0.435. The summed E-state index contributed by atoms with van der Waals surface area (Å²) in [5.41, 5.74) is 3.41. The topological polar surface area (TPSA) is 76.0 Å². The molecule has 1 amide bonds. The summed E-state index contributed by atoms with van der Waals surface area (Å²) in [4.78, 5) is 25.9. The van der Waals surface area contributed by atoms with Crippen molar-refractivity contribution in [2.24, 2.45) is 0 Å². The van der Waals surface area contributed by atoms with Gasteiger partial charge in [0.1, 0.15) is 17.4 Å². The first-order valence-electron chi connectivity index (χ1n) is 9.94. The zero-order valence-electron chi connectivity index (χ0n) is 16.4. The molecule has 2 aliphatic rings. The highest BCUT2D eigenvalue weighted by Gasteiger charge is 2.37. The molecule has 1 atom stereocenters. The van der Waals surface area contributed by atoms with Crippen LogP contribution in [0.15, 0.2) is 66.0 Å². The van der Waals surface area contributed by atoms with Gasteiger partial charge in [-0.15, -0.1) is 0 Å². The maximum Gasteiger partial charge on any atom is 0.261 e. The van der Waals surface area contributed by atoms with E-state index < -0.39 is 6.04 Å². The van der Waals surface area contributed by atoms with E-state index in [2.05, 4.69) is 15.7 Å². The number of anilines is 2. The van der Waals surface area contributed by atoms with Crippen molar-refractivity contribution in [2.45, 2.75) is 25.3 Å². The van der Waals surface area contributed by atoms with Gasteiger partial charge in [0, 0.05) is 33.4 Å². The number of carbonyl (C=O) groups is 2. The number of nitrogens with one attached hydrogen (secondary N) is 2. The van der Waals surface area contributed by atoms with Gasteiger partial charge in [-0.2, -0.15) is 5.10 Å². The van der Waals surface area contributed by atoms with Crippen LogP contribution in [0.4, 0.5) is 11.5 Å². The Morgan fingerprint density at radius 1 is 1.10 bits per heavy atom. The van der Waals surface area contributed by atoms with E-state index in [0.717, 1.165) is 24.1 Å². The third kappa shape index (κ3) is 3.62. The van der Waals surface area contributed by atoms with E-state index in [0.29, 0.717) is 39.1 Å². The van der Waals surface area contributed by atoms with E-state index in [-0.39, 0.29) is 11.7 Å². The van der Waals surface area contributed by atoms with Crippen LogP contribution in [0.5, 0.6) is 0 Å². The first-order valence-corrected chi connectivity index (χ1v) is 10.7. The van der Waals surface area contributed by atoms with Crippen molar-refractivity contribution in [3.05, 3.63) is 87.2 Å². The molecule has 2 aromatic carbocycles. The second kappa shape index (κ2) is 7.87. The lowest BCUT2D eigenvalue weighted by Crippen LogP contribution is -2.32. The smallest absolute Gasteiger partial charge is 0.261 e. The zero-order chi connectivity index (χ0) is 21.5. The molecule has 0 fully saturated rings. The summed E-state index contributed by atoms with van der Waals surface area (Å²) in [6.45, 7) is 0. The number of Topliss-reactive ketones (excluding diaryl/α,β-unsaturated/α-hetero) is 1. The first-order chi connectivity index (χ1) is 15.0. The molecular weight excluding hydrogens is 435 g/mol. The number of fused-ring (bicyclic) bond motifs is 1. The molecule has 1 aromatic heterocycles. The second-order valence-corrected chi connectivity index (χ2v) is 8.44. The molecule has 0 unspecified atom stereocenters. The fraction of sp³-hybridized carbons (Fsp3) is 0.174. The third-order valence-electron chi connectivity index (χ3n) is 5.55. The van der Waals surface area contributed by atoms with Gasteiger partial charge >= 0.3 is 0 Å². The van der Waals surface area contributed by atoms with Crippen molar-refractivity contribution >= 4 is 46.4 Å². The van der Waals surface area contributed by atoms with Crippen LogP contribution in [0.1, 0.15) is 41.2 Å². The lowest BCUT2D eigenvalue weighted by molar-refractivity contribution is -0.116. The Hall–Kier alpha value is -3.09. The summed E-state index contributed by atoms with van der Waals surface area (Å²) in [5, 5.41) is 11.8. The van der Waals surface area contributed by atoms with Crippen LogP contribution in [0.25, 0.3) is 0 Å². The molecule has 0 radical (unpaired) electrons. The SMILES string of the molecule is O=C1CCCC2=C1[C@H](c1cccc(Cl)c1)n1ncc(C(=O)Nc3ccc(Cl)cc3)c1N2. The van der Waals surface area contributed by atoms with Gasteiger partial charge in [-0.25, -0.2) is 4.68 Å². The van der Waals surface area contributed by atoms with Gasteiger partial charge in [-0.1, -0.05) is 35.3 Å². The molecule has 2 heterocycles. The van der Waals surface area contributed by atoms with E-state index in [4.69, 9.17) is 23.2 Å². The highest BCUT2D eigenvalue weighted by Crippen LogP contribution is 2.42. The molecule has 6 nitrogen and oxygen atoms in total. The monoisotopic (exact) mass is 452 g/mol. The van der Waals surface area contributed by atoms with Crippen molar-refractivity contribution in [2.75, 3.05) is 10.6 Å². The minimum Gasteiger partial charge on any atom is -0.343 e. The summed E-state index contributed by atoms with van der Waals surface area (Å²) < 4.78 is 1.70. The lowest BCUT2D eigenvalue weighted by atomic mass is 9.85. The van der Waals surface area contributed by atoms with Crippen LogP contribution in [0, 0.1) is 0 Å². The Morgan fingerprint density at radius 2 is 1.90 bits per heavy atom. The van der Waals surface area contributed by atoms with Gasteiger partial charge in [0.15, 0.2) is 5.78 Å². The summed E-state index contributed by atoms with van der Waals surface area (Å²) in [6.07, 6.45) is 3.53. The number of allylic oxidation sites excluding steroid dienone is 2. The van der Waals surface area contributed by atoms with E-state index >= 15 is 0 Å². The van der Waals surface area contributed by atoms with Crippen LogP contribution in [-0.4, -0.2) is 21.5 Å². The number of halogens is 2. The Balaban J connectivity index is 1.57. The van der Waals surface area contributed by atoms with Crippen LogP contribution >= 0.6 is 23.2 Å². The maximum absolute atomic E-state index is 13.0. The fourth-order valence-electron chi connectivity index (χ4n) is 4.14. The van der Waals surface area contributed by atoms with Crippen LogP contribution in [0.2, 0.25) is 10.0 Å². The van der Waals surface area contributed by atoms with E-state index in [1.54, 1.807) is 35.0 Å². The number of carbonyl (C=O) groups excluding carboxylic acids is 2. The van der Waals surface area contributed by atoms with Crippen molar-refractivity contribution < 1.29 is 9.59 Å². The highest BCUT2D eigenvalue weighted by atomic mass is 35.5. The van der Waals surface area contributed by atoms with Crippen molar-refractivity contribution in [3.8, 4) is 0 Å². The maximum atomic E-state index is 13.0. The molecule has 0 spiro atoms. The lowest BCUT2D eigenvalue weighted by Gasteiger charge is -2.33. The number of nitrogens with zero attached hydrogens (tertiary/aromatic N) is 2. The van der Waals surface area contributed by atoms with Gasteiger partial charge in [-0.3, -0.25) is 9.59 Å². The van der Waals surface area contributed by atoms with E-state index in [1.807, 2.05) is 18.2 Å². The van der Waals surface area contributed by atoms with Crippen molar-refractivity contribution in [1.29, 1.82) is 0 Å². The Bertz CT molecular complexity index is 1230. The molecule has 0 bridgehead atoms. The number of hydrogen-bond acceptors (Lipinski definition) is 4. The zero-order valence-corrected chi connectivity index (χ0v) is 17.9. The minimum absolute atomic E-state index is 0.0899. The average molecular weight is 453 g/mol. The highest BCUT2D eigenvalue weighted by molar-refractivity contribution is 6.31. The Morgan fingerprint density at radius 3 is 2.68 bits per heavy atom. The molecule has 1 aliphatic heterocycles. The number of rotatable bonds is 3. The largest absolute Gasteiger partial charge is 0.343 e. The quantitative estimate of drug-likeness (QED) is 0.552. The average Bonchev–Trinajstić information content (AvgIpc) is 3.18. The second-order valence-electron chi connectivity index (χ2n) is 7.56. The normalized spacial score (nSPS) is 17.6. The molecule has 8 heteroatoms. The van der Waals surface area contributed by atoms with Gasteiger partial charge in [0.2, 0.25) is 0 Å². The van der Waals surface area contributed by atoms with E-state index in [9.17, 15) is 9.59 Å². The molecule has 31 heavy (non-hydrogen) atoms. The van der Waals surface area contributed by atoms with Crippen LogP contribution in [0.3, 0.4) is 0 Å². The summed E-state index contributed by atoms with van der Waals surface area (Å²) in [7, 11) is 0. The van der Waals surface area contributed by atoms with Gasteiger partial charge in [0.05, 0.1) is 6.20 Å². The number of amides is 1. The third-order valence-corrected chi connectivity index (χ3v) is 6.04.